The van der Waals surface area contributed by atoms with Crippen LogP contribution in [0, 0.1) is 3.57 Å². The van der Waals surface area contributed by atoms with Crippen molar-refractivity contribution in [1.29, 1.82) is 0 Å². The lowest BCUT2D eigenvalue weighted by Gasteiger charge is -2.12. The molecule has 0 fully saturated rings. The molecule has 0 spiro atoms. The van der Waals surface area contributed by atoms with Crippen LogP contribution in [0.4, 0.5) is 0 Å². The van der Waals surface area contributed by atoms with E-state index in [9.17, 15) is 4.79 Å². The van der Waals surface area contributed by atoms with E-state index in [4.69, 9.17) is 37.4 Å². The number of ether oxygens (including phenoxy) is 3. The van der Waals surface area contributed by atoms with Crippen molar-refractivity contribution in [1.82, 2.24) is 0 Å². The number of rotatable bonds is 6. The van der Waals surface area contributed by atoms with Gasteiger partial charge in [0.25, 0.3) is 0 Å². The molecule has 1 heterocycles. The van der Waals surface area contributed by atoms with Crippen LogP contribution in [-0.4, -0.2) is 25.6 Å². The van der Waals surface area contributed by atoms with Crippen molar-refractivity contribution in [3.63, 3.8) is 0 Å². The molecule has 144 valence electrons. The molecule has 0 N–H and O–H groups in total. The van der Waals surface area contributed by atoms with Gasteiger partial charge in [-0.2, -0.15) is 0 Å². The molecule has 0 amide bonds. The molecule has 0 aliphatic carbocycles. The van der Waals surface area contributed by atoms with Crippen LogP contribution < -0.4 is 9.47 Å². The summed E-state index contributed by atoms with van der Waals surface area (Å²) < 4.78 is 17.1. The van der Waals surface area contributed by atoms with E-state index in [-0.39, 0.29) is 18.2 Å². The molecule has 1 aliphatic rings. The Hall–Kier alpha value is -2.03. The topological polar surface area (TPSA) is 57.1 Å². The Kier molecular flexibility index (Phi) is 6.64. The highest BCUT2D eigenvalue weighted by Gasteiger charge is 2.26. The third-order valence-corrected chi connectivity index (χ3v) is 4.96. The van der Waals surface area contributed by atoms with Gasteiger partial charge in [-0.25, -0.2) is 9.79 Å². The van der Waals surface area contributed by atoms with Crippen molar-refractivity contribution < 1.29 is 19.0 Å². The van der Waals surface area contributed by atoms with Crippen molar-refractivity contribution in [3.8, 4) is 11.5 Å². The number of carbonyl (C=O) groups excluding carboxylic acids is 1. The van der Waals surface area contributed by atoms with E-state index in [0.717, 1.165) is 3.57 Å². The van der Waals surface area contributed by atoms with E-state index >= 15 is 0 Å². The highest BCUT2D eigenvalue weighted by atomic mass is 127. The van der Waals surface area contributed by atoms with Crippen LogP contribution in [0.1, 0.15) is 11.1 Å². The lowest BCUT2D eigenvalue weighted by Crippen LogP contribution is -2.06. The van der Waals surface area contributed by atoms with Crippen LogP contribution in [0.3, 0.4) is 0 Å². The minimum atomic E-state index is -0.577. The number of esters is 1. The van der Waals surface area contributed by atoms with Crippen molar-refractivity contribution in [2.45, 2.75) is 0 Å². The van der Waals surface area contributed by atoms with Gasteiger partial charge in [-0.3, -0.25) is 0 Å². The van der Waals surface area contributed by atoms with E-state index in [1.807, 2.05) is 6.07 Å². The zero-order valence-corrected chi connectivity index (χ0v) is 18.3. The molecule has 2 aromatic rings. The Morgan fingerprint density at radius 2 is 2.04 bits per heavy atom. The Balaban J connectivity index is 1.98. The number of hydrogen-bond donors (Lipinski definition) is 0. The van der Waals surface area contributed by atoms with Crippen molar-refractivity contribution in [2.75, 3.05) is 13.7 Å². The summed E-state index contributed by atoms with van der Waals surface area (Å²) in [4.78, 5) is 16.5. The summed E-state index contributed by atoms with van der Waals surface area (Å²) in [6.45, 7) is 3.89. The molecule has 0 bridgehead atoms. The number of nitrogens with zero attached hydrogens (tertiary/aromatic N) is 1. The predicted molar refractivity (Wildman–Crippen MR) is 118 cm³/mol. The maximum absolute atomic E-state index is 12.3. The van der Waals surface area contributed by atoms with Gasteiger partial charge in [-0.05, 0) is 64.6 Å². The van der Waals surface area contributed by atoms with E-state index in [1.165, 1.54) is 7.11 Å². The number of aliphatic imine (C=N–C) groups is 1. The third-order valence-electron chi connectivity index (χ3n) is 3.68. The molecule has 0 unspecified atom stereocenters. The fourth-order valence-corrected chi connectivity index (χ4v) is 3.41. The SMILES string of the molecule is C=CCOc1c(Cl)cc(/C=C2\N=C(c3cc(I)ccc3Cl)OC2=O)cc1OC. The van der Waals surface area contributed by atoms with Gasteiger partial charge in [0.2, 0.25) is 5.90 Å². The lowest BCUT2D eigenvalue weighted by molar-refractivity contribution is -0.129. The maximum atomic E-state index is 12.3. The number of halogens is 3. The first-order chi connectivity index (χ1) is 13.4. The minimum Gasteiger partial charge on any atom is -0.493 e. The van der Waals surface area contributed by atoms with Gasteiger partial charge in [0.1, 0.15) is 6.61 Å². The summed E-state index contributed by atoms with van der Waals surface area (Å²) in [5, 5.41) is 0.783. The third kappa shape index (κ3) is 4.51. The number of hydrogen-bond acceptors (Lipinski definition) is 5. The fourth-order valence-electron chi connectivity index (χ4n) is 2.45. The van der Waals surface area contributed by atoms with Gasteiger partial charge in [-0.1, -0.05) is 35.9 Å². The normalized spacial score (nSPS) is 14.6. The van der Waals surface area contributed by atoms with Crippen LogP contribution in [0.25, 0.3) is 6.08 Å². The summed E-state index contributed by atoms with van der Waals surface area (Å²) in [5.74, 6) is 0.406. The molecule has 28 heavy (non-hydrogen) atoms. The second-order valence-corrected chi connectivity index (χ2v) is 7.65. The van der Waals surface area contributed by atoms with Crippen LogP contribution in [0.2, 0.25) is 10.0 Å². The van der Waals surface area contributed by atoms with Gasteiger partial charge in [0, 0.05) is 3.57 Å². The van der Waals surface area contributed by atoms with Gasteiger partial charge >= 0.3 is 5.97 Å². The summed E-state index contributed by atoms with van der Waals surface area (Å²) in [7, 11) is 1.50. The van der Waals surface area contributed by atoms with Crippen LogP contribution >= 0.6 is 45.8 Å². The summed E-state index contributed by atoms with van der Waals surface area (Å²) >= 11 is 14.6. The van der Waals surface area contributed by atoms with Gasteiger partial charge in [0.15, 0.2) is 17.2 Å². The molecule has 3 rings (SSSR count). The number of benzene rings is 2. The van der Waals surface area contributed by atoms with Gasteiger partial charge in [-0.15, -0.1) is 0 Å². The average molecular weight is 530 g/mol. The Labute approximate surface area is 185 Å². The number of methoxy groups -OCH3 is 1. The average Bonchev–Trinajstić information content (AvgIpc) is 3.02. The molecule has 0 saturated carbocycles. The predicted octanol–water partition coefficient (Wildman–Crippen LogP) is 5.52. The highest BCUT2D eigenvalue weighted by Crippen LogP contribution is 2.37. The molecule has 8 heteroatoms. The second-order valence-electron chi connectivity index (χ2n) is 5.59. The Bertz CT molecular complexity index is 1020. The van der Waals surface area contributed by atoms with E-state index in [1.54, 1.807) is 36.4 Å². The van der Waals surface area contributed by atoms with E-state index in [0.29, 0.717) is 32.7 Å². The quantitative estimate of drug-likeness (QED) is 0.214. The molecule has 0 aromatic heterocycles. The standard InChI is InChI=1S/C20H14Cl2INO4/c1-3-6-27-18-15(22)7-11(9-17(18)26-2)8-16-20(25)28-19(24-16)13-10-12(23)4-5-14(13)21/h3-5,7-10H,1,6H2,2H3/b16-8-. The number of carbonyl (C=O) groups is 1. The molecule has 2 aromatic carbocycles. The van der Waals surface area contributed by atoms with Crippen LogP contribution in [0.15, 0.2) is 53.7 Å². The van der Waals surface area contributed by atoms with E-state index in [2.05, 4.69) is 34.2 Å². The Morgan fingerprint density at radius 3 is 2.75 bits per heavy atom. The molecule has 0 atom stereocenters. The first kappa shape index (κ1) is 20.7. The largest absolute Gasteiger partial charge is 0.493 e. The first-order valence-electron chi connectivity index (χ1n) is 8.02. The Morgan fingerprint density at radius 1 is 1.25 bits per heavy atom. The molecular formula is C20H14Cl2INO4. The molecule has 1 aliphatic heterocycles. The summed E-state index contributed by atoms with van der Waals surface area (Å²) in [6, 6.07) is 8.71. The number of cyclic esters (lactones) is 1. The van der Waals surface area contributed by atoms with E-state index < -0.39 is 5.97 Å². The van der Waals surface area contributed by atoms with Crippen molar-refractivity contribution in [3.05, 3.63) is 73.4 Å². The molecular weight excluding hydrogens is 516 g/mol. The van der Waals surface area contributed by atoms with Gasteiger partial charge in [0.05, 0.1) is 22.7 Å². The second kappa shape index (κ2) is 8.98. The van der Waals surface area contributed by atoms with Gasteiger partial charge < -0.3 is 14.2 Å². The van der Waals surface area contributed by atoms with Crippen molar-refractivity contribution in [2.24, 2.45) is 4.99 Å². The molecule has 0 radical (unpaired) electrons. The zero-order chi connectivity index (χ0) is 20.3. The molecule has 0 saturated heterocycles. The summed E-state index contributed by atoms with van der Waals surface area (Å²) in [5.41, 5.74) is 1.29. The monoisotopic (exact) mass is 529 g/mol. The highest BCUT2D eigenvalue weighted by molar-refractivity contribution is 14.1. The maximum Gasteiger partial charge on any atom is 0.363 e. The summed E-state index contributed by atoms with van der Waals surface area (Å²) in [6.07, 6.45) is 3.16. The minimum absolute atomic E-state index is 0.128. The fraction of sp³-hybridized carbons (Fsp3) is 0.100. The zero-order valence-electron chi connectivity index (χ0n) is 14.7. The lowest BCUT2D eigenvalue weighted by atomic mass is 10.1. The molecule has 5 nitrogen and oxygen atoms in total. The van der Waals surface area contributed by atoms with Crippen LogP contribution in [-0.2, 0) is 9.53 Å². The smallest absolute Gasteiger partial charge is 0.363 e. The van der Waals surface area contributed by atoms with Crippen molar-refractivity contribution >= 4 is 63.7 Å². The van der Waals surface area contributed by atoms with Crippen LogP contribution in [0.5, 0.6) is 11.5 Å². The first-order valence-corrected chi connectivity index (χ1v) is 9.85.